The number of pyridine rings is 2. The summed E-state index contributed by atoms with van der Waals surface area (Å²) in [6, 6.07) is 15.4. The minimum atomic E-state index is -4.10. The number of anilines is 2. The minimum absolute atomic E-state index is 0.0986. The first-order valence-electron chi connectivity index (χ1n) is 11.3. The van der Waals surface area contributed by atoms with Crippen LogP contribution in [-0.4, -0.2) is 31.0 Å². The standard InChI is InChI=1S/C26H19Cl2N5O4S2/c1-29-16-2-4-18-19(12-16)20(15-8-10-30-11-9-15)14-33(25(18)34)22-5-3-17(13-21(22)27)31-26(35)32-39(36,37)24-7-6-23(28)38-24/h2-14,29H,1H3,(H2,31,32,35). The third-order valence-corrected chi connectivity index (χ3v) is 9.16. The number of hydrogen-bond donors (Lipinski definition) is 3. The molecule has 5 rings (SSSR count). The summed E-state index contributed by atoms with van der Waals surface area (Å²) in [7, 11) is -2.30. The SMILES string of the molecule is CNc1ccc2c(=O)n(-c3ccc(NC(=O)NS(=O)(=O)c4ccc(Cl)s4)cc3Cl)cc(-c3ccncc3)c2c1. The van der Waals surface area contributed by atoms with E-state index in [2.05, 4.69) is 15.6 Å². The molecule has 0 saturated carbocycles. The molecule has 0 bridgehead atoms. The molecule has 0 aliphatic carbocycles. The highest BCUT2D eigenvalue weighted by Gasteiger charge is 2.20. The molecule has 2 amide bonds. The van der Waals surface area contributed by atoms with Gasteiger partial charge in [-0.05, 0) is 71.6 Å². The highest BCUT2D eigenvalue weighted by Crippen LogP contribution is 2.31. The maximum atomic E-state index is 13.5. The number of amides is 2. The van der Waals surface area contributed by atoms with Crippen LogP contribution in [-0.2, 0) is 10.0 Å². The molecule has 13 heteroatoms. The second-order valence-electron chi connectivity index (χ2n) is 8.25. The monoisotopic (exact) mass is 599 g/mol. The van der Waals surface area contributed by atoms with Crippen LogP contribution in [0.15, 0.2) is 88.3 Å². The molecule has 0 spiro atoms. The number of aromatic nitrogens is 2. The molecule has 2 aromatic carbocycles. The number of carbonyl (C=O) groups is 1. The fraction of sp³-hybridized carbons (Fsp3) is 0.0385. The van der Waals surface area contributed by atoms with Crippen LogP contribution in [0.2, 0.25) is 9.36 Å². The molecular weight excluding hydrogens is 581 g/mol. The first kappa shape index (κ1) is 26.7. The molecule has 0 saturated heterocycles. The number of rotatable bonds is 6. The van der Waals surface area contributed by atoms with Crippen LogP contribution in [0, 0.1) is 0 Å². The number of carbonyl (C=O) groups excluding carboxylic acids is 1. The topological polar surface area (TPSA) is 122 Å². The van der Waals surface area contributed by atoms with Crippen LogP contribution < -0.4 is 20.9 Å². The van der Waals surface area contributed by atoms with Crippen LogP contribution in [0.1, 0.15) is 0 Å². The van der Waals surface area contributed by atoms with E-state index in [1.807, 2.05) is 29.0 Å². The summed E-state index contributed by atoms with van der Waals surface area (Å²) in [4.78, 5) is 30.0. The predicted molar refractivity (Wildman–Crippen MR) is 156 cm³/mol. The Bertz CT molecular complexity index is 1890. The van der Waals surface area contributed by atoms with Gasteiger partial charge in [-0.1, -0.05) is 23.2 Å². The molecule has 0 radical (unpaired) electrons. The Kier molecular flexibility index (Phi) is 7.32. The van der Waals surface area contributed by atoms with Crippen molar-refractivity contribution in [3.05, 3.63) is 99.0 Å². The molecule has 0 atom stereocenters. The molecule has 3 N–H and O–H groups in total. The van der Waals surface area contributed by atoms with Gasteiger partial charge in [0, 0.05) is 48.0 Å². The molecule has 39 heavy (non-hydrogen) atoms. The average Bonchev–Trinajstić information content (AvgIpc) is 3.37. The summed E-state index contributed by atoms with van der Waals surface area (Å²) < 4.78 is 28.3. The lowest BCUT2D eigenvalue weighted by Gasteiger charge is -2.15. The number of thiophene rings is 1. The first-order chi connectivity index (χ1) is 18.7. The number of fused-ring (bicyclic) bond motifs is 1. The largest absolute Gasteiger partial charge is 0.388 e. The van der Waals surface area contributed by atoms with E-state index < -0.39 is 16.1 Å². The van der Waals surface area contributed by atoms with E-state index >= 15 is 0 Å². The zero-order valence-electron chi connectivity index (χ0n) is 20.1. The number of urea groups is 1. The summed E-state index contributed by atoms with van der Waals surface area (Å²) in [6.45, 7) is 0. The van der Waals surface area contributed by atoms with E-state index in [1.54, 1.807) is 37.8 Å². The molecular formula is C26H19Cl2N5O4S2. The van der Waals surface area contributed by atoms with Crippen molar-refractivity contribution in [2.45, 2.75) is 4.21 Å². The lowest BCUT2D eigenvalue weighted by molar-refractivity contribution is 0.256. The van der Waals surface area contributed by atoms with E-state index in [0.717, 1.165) is 33.5 Å². The molecule has 0 unspecified atom stereocenters. The lowest BCUT2D eigenvalue weighted by Crippen LogP contribution is -2.33. The maximum Gasteiger partial charge on any atom is 0.333 e. The molecule has 3 aromatic heterocycles. The highest BCUT2D eigenvalue weighted by atomic mass is 35.5. The van der Waals surface area contributed by atoms with Gasteiger partial charge >= 0.3 is 6.03 Å². The Morgan fingerprint density at radius 1 is 0.949 bits per heavy atom. The van der Waals surface area contributed by atoms with Crippen molar-refractivity contribution < 1.29 is 13.2 Å². The van der Waals surface area contributed by atoms with Crippen molar-refractivity contribution in [3.63, 3.8) is 0 Å². The van der Waals surface area contributed by atoms with Gasteiger partial charge in [-0.25, -0.2) is 17.9 Å². The molecule has 198 valence electrons. The fourth-order valence-electron chi connectivity index (χ4n) is 3.99. The van der Waals surface area contributed by atoms with Gasteiger partial charge in [0.25, 0.3) is 15.6 Å². The van der Waals surface area contributed by atoms with Gasteiger partial charge < -0.3 is 10.6 Å². The van der Waals surface area contributed by atoms with Crippen molar-refractivity contribution in [1.82, 2.24) is 14.3 Å². The Hall–Kier alpha value is -3.90. The lowest BCUT2D eigenvalue weighted by atomic mass is 10.0. The van der Waals surface area contributed by atoms with Gasteiger partial charge in [0.05, 0.1) is 15.0 Å². The molecule has 0 aliphatic heterocycles. The van der Waals surface area contributed by atoms with E-state index in [-0.39, 0.29) is 24.8 Å². The Morgan fingerprint density at radius 3 is 2.36 bits per heavy atom. The summed E-state index contributed by atoms with van der Waals surface area (Å²) in [5, 5.41) is 6.94. The van der Waals surface area contributed by atoms with E-state index in [1.165, 1.54) is 28.8 Å². The van der Waals surface area contributed by atoms with Crippen LogP contribution in [0.5, 0.6) is 0 Å². The number of halogens is 2. The normalized spacial score (nSPS) is 11.4. The number of sulfonamides is 1. The van der Waals surface area contributed by atoms with Crippen molar-refractivity contribution in [2.75, 3.05) is 17.7 Å². The zero-order valence-corrected chi connectivity index (χ0v) is 23.3. The van der Waals surface area contributed by atoms with Crippen molar-refractivity contribution >= 4 is 72.7 Å². The van der Waals surface area contributed by atoms with E-state index in [4.69, 9.17) is 23.2 Å². The average molecular weight is 601 g/mol. The van der Waals surface area contributed by atoms with Gasteiger partial charge in [-0.2, -0.15) is 0 Å². The summed E-state index contributed by atoms with van der Waals surface area (Å²) in [5.74, 6) is 0. The van der Waals surface area contributed by atoms with Crippen LogP contribution in [0.4, 0.5) is 16.2 Å². The van der Waals surface area contributed by atoms with Crippen molar-refractivity contribution in [1.29, 1.82) is 0 Å². The predicted octanol–water partition coefficient (Wildman–Crippen LogP) is 5.97. The van der Waals surface area contributed by atoms with Crippen LogP contribution >= 0.6 is 34.5 Å². The fourth-order valence-corrected chi connectivity index (χ4v) is 6.65. The smallest absolute Gasteiger partial charge is 0.333 e. The van der Waals surface area contributed by atoms with Crippen LogP contribution in [0.3, 0.4) is 0 Å². The van der Waals surface area contributed by atoms with E-state index in [9.17, 15) is 18.0 Å². The van der Waals surface area contributed by atoms with E-state index in [0.29, 0.717) is 11.1 Å². The second-order valence-corrected chi connectivity index (χ2v) is 12.3. The Labute approximate surface area is 237 Å². The highest BCUT2D eigenvalue weighted by molar-refractivity contribution is 7.92. The van der Waals surface area contributed by atoms with Gasteiger partial charge in [0.1, 0.15) is 4.21 Å². The number of nitrogens with zero attached hydrogens (tertiary/aromatic N) is 2. The van der Waals surface area contributed by atoms with Gasteiger partial charge in [0.2, 0.25) is 0 Å². The minimum Gasteiger partial charge on any atom is -0.388 e. The van der Waals surface area contributed by atoms with Crippen molar-refractivity contribution in [2.24, 2.45) is 0 Å². The maximum absolute atomic E-state index is 13.5. The van der Waals surface area contributed by atoms with Gasteiger partial charge in [-0.15, -0.1) is 11.3 Å². The first-order valence-corrected chi connectivity index (χ1v) is 14.4. The summed E-state index contributed by atoms with van der Waals surface area (Å²) in [5.41, 5.74) is 2.82. The summed E-state index contributed by atoms with van der Waals surface area (Å²) in [6.07, 6.45) is 5.05. The van der Waals surface area contributed by atoms with Crippen molar-refractivity contribution in [3.8, 4) is 16.8 Å². The quantitative estimate of drug-likeness (QED) is 0.221. The zero-order chi connectivity index (χ0) is 27.7. The molecule has 0 fully saturated rings. The van der Waals surface area contributed by atoms with Gasteiger partial charge in [-0.3, -0.25) is 14.3 Å². The molecule has 3 heterocycles. The van der Waals surface area contributed by atoms with Gasteiger partial charge in [0.15, 0.2) is 0 Å². The third-order valence-electron chi connectivity index (χ3n) is 5.80. The Balaban J connectivity index is 1.50. The third kappa shape index (κ3) is 5.48. The molecule has 5 aromatic rings. The molecule has 0 aliphatic rings. The Morgan fingerprint density at radius 2 is 1.69 bits per heavy atom. The number of hydrogen-bond acceptors (Lipinski definition) is 7. The number of benzene rings is 2. The number of nitrogens with one attached hydrogen (secondary N) is 3. The summed E-state index contributed by atoms with van der Waals surface area (Å²) >= 11 is 13.2. The second kappa shape index (κ2) is 10.7. The molecule has 9 nitrogen and oxygen atoms in total. The van der Waals surface area contributed by atoms with Crippen LogP contribution in [0.25, 0.3) is 27.6 Å².